The summed E-state index contributed by atoms with van der Waals surface area (Å²) in [7, 11) is 0. The molecule has 27 heavy (non-hydrogen) atoms. The third-order valence-electron chi connectivity index (χ3n) is 4.09. The van der Waals surface area contributed by atoms with Crippen molar-refractivity contribution in [1.82, 2.24) is 14.8 Å². The summed E-state index contributed by atoms with van der Waals surface area (Å²) >= 11 is 1.46. The second-order valence-electron chi connectivity index (χ2n) is 6.06. The topological polar surface area (TPSA) is 88.9 Å². The number of thioether (sulfide) groups is 1. The lowest BCUT2D eigenvalue weighted by molar-refractivity contribution is -0.125. The van der Waals surface area contributed by atoms with Gasteiger partial charge < -0.3 is 5.32 Å². The van der Waals surface area contributed by atoms with E-state index in [1.54, 1.807) is 12.1 Å². The van der Waals surface area contributed by atoms with E-state index >= 15 is 0 Å². The van der Waals surface area contributed by atoms with Crippen molar-refractivity contribution in [1.29, 1.82) is 0 Å². The molecule has 0 fully saturated rings. The lowest BCUT2D eigenvalue weighted by atomic mass is 10.1. The Balaban J connectivity index is 1.51. The molecule has 0 saturated heterocycles. The SMILES string of the molecule is O=C1CC(C(=O)Nc2ccccc2)n2nc(SCc3ccccc3)nc2N1. The molecule has 7 nitrogen and oxygen atoms in total. The number of carbonyl (C=O) groups excluding carboxylic acids is 2. The first-order chi connectivity index (χ1) is 13.2. The Morgan fingerprint density at radius 2 is 1.85 bits per heavy atom. The van der Waals surface area contributed by atoms with Crippen LogP contribution in [-0.2, 0) is 15.3 Å². The molecule has 0 bridgehead atoms. The summed E-state index contributed by atoms with van der Waals surface area (Å²) in [6.07, 6.45) is 0.0256. The van der Waals surface area contributed by atoms with Gasteiger partial charge in [0.1, 0.15) is 6.04 Å². The fourth-order valence-electron chi connectivity index (χ4n) is 2.78. The van der Waals surface area contributed by atoms with Crippen molar-refractivity contribution in [3.63, 3.8) is 0 Å². The van der Waals surface area contributed by atoms with E-state index in [1.165, 1.54) is 16.4 Å². The van der Waals surface area contributed by atoms with E-state index in [0.717, 1.165) is 5.56 Å². The first-order valence-electron chi connectivity index (χ1n) is 8.48. The number of benzene rings is 2. The monoisotopic (exact) mass is 379 g/mol. The first-order valence-corrected chi connectivity index (χ1v) is 9.46. The molecule has 0 spiro atoms. The minimum atomic E-state index is -0.729. The van der Waals surface area contributed by atoms with Crippen LogP contribution in [0.3, 0.4) is 0 Å². The van der Waals surface area contributed by atoms with Crippen LogP contribution in [-0.4, -0.2) is 26.6 Å². The summed E-state index contributed by atoms with van der Waals surface area (Å²) in [5, 5.41) is 10.5. The molecule has 3 aromatic rings. The average Bonchev–Trinajstić information content (AvgIpc) is 3.10. The van der Waals surface area contributed by atoms with Gasteiger partial charge in [-0.15, -0.1) is 5.10 Å². The number of nitrogens with one attached hydrogen (secondary N) is 2. The molecule has 0 saturated carbocycles. The standard InChI is InChI=1S/C19H17N5O2S/c25-16-11-15(17(26)20-14-9-5-2-6-10-14)24-18(21-16)22-19(23-24)27-12-13-7-3-1-4-8-13/h1-10,15H,11-12H2,(H,20,26)(H,21,22,23,25). The van der Waals surface area contributed by atoms with Crippen LogP contribution in [0.1, 0.15) is 18.0 Å². The molecule has 1 atom stereocenters. The minimum Gasteiger partial charge on any atom is -0.324 e. The van der Waals surface area contributed by atoms with E-state index < -0.39 is 6.04 Å². The summed E-state index contributed by atoms with van der Waals surface area (Å²) < 4.78 is 1.49. The van der Waals surface area contributed by atoms with Crippen LogP contribution in [0, 0.1) is 0 Å². The second-order valence-corrected chi connectivity index (χ2v) is 7.00. The van der Waals surface area contributed by atoms with Crippen molar-refractivity contribution < 1.29 is 9.59 Å². The van der Waals surface area contributed by atoms with E-state index in [9.17, 15) is 9.59 Å². The van der Waals surface area contributed by atoms with Crippen LogP contribution in [0.2, 0.25) is 0 Å². The number of amides is 2. The predicted molar refractivity (Wildman–Crippen MR) is 103 cm³/mol. The van der Waals surface area contributed by atoms with Crippen molar-refractivity contribution in [3.05, 3.63) is 66.2 Å². The van der Waals surface area contributed by atoms with Crippen LogP contribution >= 0.6 is 11.8 Å². The third-order valence-corrected chi connectivity index (χ3v) is 5.00. The van der Waals surface area contributed by atoms with Crippen LogP contribution in [0.5, 0.6) is 0 Å². The quantitative estimate of drug-likeness (QED) is 0.665. The van der Waals surface area contributed by atoms with E-state index in [0.29, 0.717) is 22.5 Å². The molecule has 2 amide bonds. The molecule has 2 aromatic carbocycles. The smallest absolute Gasteiger partial charge is 0.249 e. The predicted octanol–water partition coefficient (Wildman–Crippen LogP) is 3.09. The Bertz CT molecular complexity index is 959. The zero-order valence-corrected chi connectivity index (χ0v) is 15.1. The number of fused-ring (bicyclic) bond motifs is 1. The van der Waals surface area contributed by atoms with E-state index in [1.807, 2.05) is 48.5 Å². The molecule has 8 heteroatoms. The van der Waals surface area contributed by atoms with Crippen molar-refractivity contribution in [2.24, 2.45) is 0 Å². The molecule has 1 unspecified atom stereocenters. The van der Waals surface area contributed by atoms with E-state index in [-0.39, 0.29) is 18.2 Å². The maximum atomic E-state index is 12.7. The molecule has 0 radical (unpaired) electrons. The third kappa shape index (κ3) is 4.01. The van der Waals surface area contributed by atoms with Gasteiger partial charge in [-0.2, -0.15) is 4.98 Å². The summed E-state index contributed by atoms with van der Waals surface area (Å²) in [5.74, 6) is 0.471. The van der Waals surface area contributed by atoms with Gasteiger partial charge in [0.2, 0.25) is 22.9 Å². The summed E-state index contributed by atoms with van der Waals surface area (Å²) in [4.78, 5) is 29.0. The highest BCUT2D eigenvalue weighted by Gasteiger charge is 2.33. The number of anilines is 2. The fourth-order valence-corrected chi connectivity index (χ4v) is 3.56. The molecule has 136 valence electrons. The zero-order chi connectivity index (χ0) is 18.6. The number of nitrogens with zero attached hydrogens (tertiary/aromatic N) is 3. The Morgan fingerprint density at radius 1 is 1.15 bits per heavy atom. The van der Waals surface area contributed by atoms with Gasteiger partial charge in [0.05, 0.1) is 6.42 Å². The molecule has 1 aromatic heterocycles. The van der Waals surface area contributed by atoms with E-state index in [2.05, 4.69) is 20.7 Å². The van der Waals surface area contributed by atoms with Crippen molar-refractivity contribution in [2.45, 2.75) is 23.4 Å². The van der Waals surface area contributed by atoms with Crippen LogP contribution in [0.25, 0.3) is 0 Å². The molecular formula is C19H17N5O2S. The van der Waals surface area contributed by atoms with Gasteiger partial charge in [0, 0.05) is 11.4 Å². The maximum Gasteiger partial charge on any atom is 0.249 e. The minimum absolute atomic E-state index is 0.0256. The molecule has 0 aliphatic carbocycles. The number of para-hydroxylation sites is 1. The Morgan fingerprint density at radius 3 is 2.59 bits per heavy atom. The molecule has 1 aliphatic heterocycles. The molecule has 2 N–H and O–H groups in total. The Kier molecular flexibility index (Phi) is 4.88. The van der Waals surface area contributed by atoms with Gasteiger partial charge in [-0.3, -0.25) is 14.9 Å². The average molecular weight is 379 g/mol. The van der Waals surface area contributed by atoms with Gasteiger partial charge in [0.15, 0.2) is 0 Å². The Labute approximate surface area is 160 Å². The molecule has 2 heterocycles. The summed E-state index contributed by atoms with van der Waals surface area (Å²) in [5.41, 5.74) is 1.83. The van der Waals surface area contributed by atoms with Gasteiger partial charge in [-0.25, -0.2) is 4.68 Å². The number of hydrogen-bond acceptors (Lipinski definition) is 5. The number of rotatable bonds is 5. The largest absolute Gasteiger partial charge is 0.324 e. The molecule has 4 rings (SSSR count). The van der Waals surface area contributed by atoms with Gasteiger partial charge in [-0.05, 0) is 17.7 Å². The van der Waals surface area contributed by atoms with Crippen LogP contribution < -0.4 is 10.6 Å². The molecule has 1 aliphatic rings. The second kappa shape index (κ2) is 7.63. The fraction of sp³-hybridized carbons (Fsp3) is 0.158. The van der Waals surface area contributed by atoms with Gasteiger partial charge in [0.25, 0.3) is 0 Å². The van der Waals surface area contributed by atoms with Crippen molar-refractivity contribution in [3.8, 4) is 0 Å². The number of aromatic nitrogens is 3. The van der Waals surface area contributed by atoms with Crippen molar-refractivity contribution >= 4 is 35.2 Å². The Hall–Kier alpha value is -3.13. The number of carbonyl (C=O) groups is 2. The summed E-state index contributed by atoms with van der Waals surface area (Å²) in [6, 6.07) is 18.4. The summed E-state index contributed by atoms with van der Waals surface area (Å²) in [6.45, 7) is 0. The molecular weight excluding hydrogens is 362 g/mol. The normalized spacial score (nSPS) is 15.7. The van der Waals surface area contributed by atoms with Gasteiger partial charge in [-0.1, -0.05) is 60.3 Å². The lowest BCUT2D eigenvalue weighted by Crippen LogP contribution is -2.36. The van der Waals surface area contributed by atoms with Crippen molar-refractivity contribution in [2.75, 3.05) is 10.6 Å². The first kappa shape index (κ1) is 17.3. The highest BCUT2D eigenvalue weighted by molar-refractivity contribution is 7.98. The van der Waals surface area contributed by atoms with Gasteiger partial charge >= 0.3 is 0 Å². The number of hydrogen-bond donors (Lipinski definition) is 2. The highest BCUT2D eigenvalue weighted by Crippen LogP contribution is 2.28. The highest BCUT2D eigenvalue weighted by atomic mass is 32.2. The van der Waals surface area contributed by atoms with Crippen LogP contribution in [0.4, 0.5) is 11.6 Å². The van der Waals surface area contributed by atoms with Crippen LogP contribution in [0.15, 0.2) is 65.8 Å². The van der Waals surface area contributed by atoms with E-state index in [4.69, 9.17) is 0 Å². The lowest BCUT2D eigenvalue weighted by Gasteiger charge is -2.22. The zero-order valence-electron chi connectivity index (χ0n) is 14.3. The maximum absolute atomic E-state index is 12.7.